The van der Waals surface area contributed by atoms with Gasteiger partial charge >= 0.3 is 107 Å². The first-order chi connectivity index (χ1) is 7.06. The molecule has 0 saturated carbocycles. The Balaban J connectivity index is 3.38. The van der Waals surface area contributed by atoms with Gasteiger partial charge in [0, 0.05) is 0 Å². The summed E-state index contributed by atoms with van der Waals surface area (Å²) in [6.45, 7) is 9.68. The van der Waals surface area contributed by atoms with Crippen LogP contribution in [-0.2, 0) is 4.43 Å². The maximum atomic E-state index is 5.70. The van der Waals surface area contributed by atoms with Crippen LogP contribution in [0.5, 0.6) is 0 Å². The first-order valence-corrected chi connectivity index (χ1v) is 12.0. The second kappa shape index (κ2) is 9.66. The molecule has 0 saturated heterocycles. The minimum atomic E-state index is -1.31. The Hall–Kier alpha value is 0.446. The Bertz CT molecular complexity index is 194. The average molecular weight is 340 g/mol. The van der Waals surface area contributed by atoms with E-state index in [1.54, 1.807) is 0 Å². The second-order valence-corrected chi connectivity index (χ2v) is 11.8. The molecule has 0 aromatic heterocycles. The van der Waals surface area contributed by atoms with Crippen molar-refractivity contribution >= 4 is 29.2 Å². The van der Waals surface area contributed by atoms with Crippen molar-refractivity contribution in [2.75, 3.05) is 6.61 Å². The Morgan fingerprint density at radius 1 is 1.20 bits per heavy atom. The van der Waals surface area contributed by atoms with Crippen LogP contribution in [0.4, 0.5) is 0 Å². The van der Waals surface area contributed by atoms with E-state index in [-0.39, 0.29) is 20.9 Å². The molecule has 0 aliphatic carbocycles. The molecule has 0 unspecified atom stereocenters. The third-order valence-electron chi connectivity index (χ3n) is 1.65. The summed E-state index contributed by atoms with van der Waals surface area (Å²) in [5.41, 5.74) is 0. The molecule has 0 aromatic carbocycles. The van der Waals surface area contributed by atoms with E-state index < -0.39 is 8.32 Å². The van der Waals surface area contributed by atoms with E-state index >= 15 is 0 Å². The standard InChI is InChI=1S/C12H24OSiTe/c1-5-6-11-15-12-9-7-8-10-13-14(2,3)4/h7-9,12H,5-6,10-11H2,1-4H3/b8-7+,12-9-. The monoisotopic (exact) mass is 342 g/mol. The molecule has 0 heterocycles. The van der Waals surface area contributed by atoms with Crippen LogP contribution in [0.3, 0.4) is 0 Å². The van der Waals surface area contributed by atoms with Gasteiger partial charge in [0.2, 0.25) is 0 Å². The van der Waals surface area contributed by atoms with Crippen molar-refractivity contribution in [3.05, 3.63) is 22.4 Å². The Kier molecular flexibility index (Phi) is 9.94. The molecule has 3 heteroatoms. The average Bonchev–Trinajstić information content (AvgIpc) is 2.14. The van der Waals surface area contributed by atoms with Crippen LogP contribution >= 0.6 is 0 Å². The molecule has 0 radical (unpaired) electrons. The number of hydrogen-bond acceptors (Lipinski definition) is 1. The molecule has 0 amide bonds. The van der Waals surface area contributed by atoms with E-state index in [2.05, 4.69) is 48.9 Å². The van der Waals surface area contributed by atoms with E-state index in [1.807, 2.05) is 0 Å². The summed E-state index contributed by atoms with van der Waals surface area (Å²) in [5, 5.41) is 0. The first kappa shape index (κ1) is 15.4. The molecule has 15 heavy (non-hydrogen) atoms. The zero-order valence-electron chi connectivity index (χ0n) is 10.5. The van der Waals surface area contributed by atoms with Gasteiger partial charge in [0.15, 0.2) is 0 Å². The van der Waals surface area contributed by atoms with Gasteiger partial charge in [-0.3, -0.25) is 0 Å². The van der Waals surface area contributed by atoms with E-state index in [0.29, 0.717) is 0 Å². The van der Waals surface area contributed by atoms with Crippen LogP contribution in [0.2, 0.25) is 24.1 Å². The SMILES string of the molecule is CCCC[Te]/C=C\C=C\CO[Si](C)(C)C. The van der Waals surface area contributed by atoms with Crippen LogP contribution in [0, 0.1) is 0 Å². The molecule has 0 aliphatic heterocycles. The minimum absolute atomic E-state index is 0.147. The zero-order valence-corrected chi connectivity index (χ0v) is 13.8. The van der Waals surface area contributed by atoms with Gasteiger partial charge in [-0.25, -0.2) is 0 Å². The quantitative estimate of drug-likeness (QED) is 0.371. The fourth-order valence-electron chi connectivity index (χ4n) is 0.829. The van der Waals surface area contributed by atoms with Gasteiger partial charge in [0.1, 0.15) is 0 Å². The number of rotatable bonds is 8. The predicted octanol–water partition coefficient (Wildman–Crippen LogP) is 3.83. The van der Waals surface area contributed by atoms with Crippen molar-refractivity contribution in [1.82, 2.24) is 0 Å². The van der Waals surface area contributed by atoms with Crippen molar-refractivity contribution in [2.45, 2.75) is 43.9 Å². The number of unbranched alkanes of at least 4 members (excludes halogenated alkanes) is 1. The van der Waals surface area contributed by atoms with Crippen molar-refractivity contribution in [3.63, 3.8) is 0 Å². The molecule has 0 fully saturated rings. The summed E-state index contributed by atoms with van der Waals surface area (Å²) in [7, 11) is -1.31. The molecule has 0 spiro atoms. The normalized spacial score (nSPS) is 13.1. The van der Waals surface area contributed by atoms with E-state index in [4.69, 9.17) is 4.43 Å². The molecule has 0 N–H and O–H groups in total. The molecule has 1 nitrogen and oxygen atoms in total. The van der Waals surface area contributed by atoms with Gasteiger partial charge in [-0.2, -0.15) is 0 Å². The Labute approximate surface area is 106 Å². The van der Waals surface area contributed by atoms with E-state index in [1.165, 1.54) is 17.3 Å². The van der Waals surface area contributed by atoms with Gasteiger partial charge < -0.3 is 0 Å². The summed E-state index contributed by atoms with van der Waals surface area (Å²) in [6.07, 6.45) is 9.15. The predicted molar refractivity (Wildman–Crippen MR) is 73.0 cm³/mol. The summed E-state index contributed by atoms with van der Waals surface area (Å²) >= 11 is 0.147. The van der Waals surface area contributed by atoms with Crippen molar-refractivity contribution in [2.24, 2.45) is 0 Å². The summed E-state index contributed by atoms with van der Waals surface area (Å²) in [6, 6.07) is 0. The molecular formula is C12H24OSiTe. The molecule has 0 aromatic rings. The van der Waals surface area contributed by atoms with Gasteiger partial charge in [-0.05, 0) is 0 Å². The summed E-state index contributed by atoms with van der Waals surface area (Å²) in [5.74, 6) is 0. The van der Waals surface area contributed by atoms with Crippen LogP contribution < -0.4 is 0 Å². The van der Waals surface area contributed by atoms with Crippen molar-refractivity contribution in [3.8, 4) is 0 Å². The number of allylic oxidation sites excluding steroid dienone is 2. The summed E-state index contributed by atoms with van der Waals surface area (Å²) < 4.78 is 9.51. The fraction of sp³-hybridized carbons (Fsp3) is 0.667. The number of hydrogen-bond donors (Lipinski definition) is 0. The third-order valence-corrected chi connectivity index (χ3v) is 5.18. The van der Waals surface area contributed by atoms with Gasteiger partial charge in [-0.15, -0.1) is 0 Å². The first-order valence-electron chi connectivity index (χ1n) is 5.63. The van der Waals surface area contributed by atoms with Gasteiger partial charge in [0.05, 0.1) is 0 Å². The Morgan fingerprint density at radius 3 is 2.53 bits per heavy atom. The van der Waals surface area contributed by atoms with Crippen molar-refractivity contribution < 1.29 is 4.43 Å². The van der Waals surface area contributed by atoms with Crippen molar-refractivity contribution in [1.29, 1.82) is 0 Å². The van der Waals surface area contributed by atoms with Crippen LogP contribution in [0.15, 0.2) is 22.4 Å². The fourth-order valence-corrected chi connectivity index (χ4v) is 3.69. The topological polar surface area (TPSA) is 9.23 Å². The molecule has 0 atom stereocenters. The van der Waals surface area contributed by atoms with Gasteiger partial charge in [-0.1, -0.05) is 0 Å². The van der Waals surface area contributed by atoms with Crippen LogP contribution in [0.1, 0.15) is 19.8 Å². The molecule has 0 aliphatic rings. The van der Waals surface area contributed by atoms with E-state index in [9.17, 15) is 0 Å². The molecule has 88 valence electrons. The maximum absolute atomic E-state index is 5.70. The molecular weight excluding hydrogens is 316 g/mol. The molecule has 0 bridgehead atoms. The summed E-state index contributed by atoms with van der Waals surface area (Å²) in [4.78, 5) is 0. The third kappa shape index (κ3) is 14.4. The zero-order chi connectivity index (χ0) is 11.6. The van der Waals surface area contributed by atoms with Gasteiger partial charge in [0.25, 0.3) is 0 Å². The van der Waals surface area contributed by atoms with E-state index in [0.717, 1.165) is 6.61 Å². The Morgan fingerprint density at radius 2 is 1.93 bits per heavy atom. The second-order valence-electron chi connectivity index (χ2n) is 4.40. The molecule has 0 rings (SSSR count). The van der Waals surface area contributed by atoms with Crippen LogP contribution in [-0.4, -0.2) is 35.8 Å². The van der Waals surface area contributed by atoms with Crippen LogP contribution in [0.25, 0.3) is 0 Å².